The fourth-order valence-corrected chi connectivity index (χ4v) is 4.04. The van der Waals surface area contributed by atoms with Crippen LogP contribution in [0.2, 0.25) is 0 Å². The van der Waals surface area contributed by atoms with Crippen molar-refractivity contribution in [1.29, 1.82) is 0 Å². The van der Waals surface area contributed by atoms with E-state index in [9.17, 15) is 8.42 Å². The zero-order valence-electron chi connectivity index (χ0n) is 11.0. The molecule has 0 aliphatic heterocycles. The van der Waals surface area contributed by atoms with Crippen LogP contribution in [-0.4, -0.2) is 25.3 Å². The van der Waals surface area contributed by atoms with Crippen LogP contribution in [0, 0.1) is 0 Å². The van der Waals surface area contributed by atoms with Gasteiger partial charge in [0.15, 0.2) is 0 Å². The van der Waals surface area contributed by atoms with Crippen molar-refractivity contribution in [3.63, 3.8) is 0 Å². The smallest absolute Gasteiger partial charge is 0.150 e. The molecule has 0 spiro atoms. The maximum absolute atomic E-state index is 11.7. The molecule has 4 heteroatoms. The van der Waals surface area contributed by atoms with Crippen LogP contribution < -0.4 is 0 Å². The molecule has 0 fully saturated rings. The summed E-state index contributed by atoms with van der Waals surface area (Å²) in [6.07, 6.45) is 1.61. The van der Waals surface area contributed by atoms with Gasteiger partial charge in [-0.1, -0.05) is 60.1 Å². The average Bonchev–Trinajstić information content (AvgIpc) is 2.42. The Balaban J connectivity index is 2.95. The summed E-state index contributed by atoms with van der Waals surface area (Å²) in [4.78, 5) is 0. The fourth-order valence-electron chi connectivity index (χ4n) is 2.05. The first-order valence-corrected chi connectivity index (χ1v) is 9.26. The Labute approximate surface area is 119 Å². The lowest BCUT2D eigenvalue weighted by molar-refractivity contribution is 0.449. The third-order valence-electron chi connectivity index (χ3n) is 3.65. The van der Waals surface area contributed by atoms with Crippen LogP contribution in [0.4, 0.5) is 0 Å². The van der Waals surface area contributed by atoms with Crippen LogP contribution in [0.1, 0.15) is 32.3 Å². The van der Waals surface area contributed by atoms with Crippen molar-refractivity contribution in [2.45, 2.75) is 32.1 Å². The molecular formula is C14H21BrO2S. The molecule has 0 radical (unpaired) electrons. The zero-order valence-corrected chi connectivity index (χ0v) is 13.4. The molecule has 18 heavy (non-hydrogen) atoms. The summed E-state index contributed by atoms with van der Waals surface area (Å²) in [6, 6.07) is 10.2. The lowest BCUT2D eigenvalue weighted by atomic mass is 9.78. The monoisotopic (exact) mass is 332 g/mol. The normalized spacial score (nSPS) is 15.3. The van der Waals surface area contributed by atoms with E-state index < -0.39 is 9.84 Å². The van der Waals surface area contributed by atoms with Gasteiger partial charge in [0.2, 0.25) is 0 Å². The lowest BCUT2D eigenvalue weighted by Gasteiger charge is -2.31. The van der Waals surface area contributed by atoms with Crippen LogP contribution in [0.25, 0.3) is 0 Å². The van der Waals surface area contributed by atoms with E-state index in [0.29, 0.717) is 6.42 Å². The molecule has 2 nitrogen and oxygen atoms in total. The molecule has 1 unspecified atom stereocenters. The Morgan fingerprint density at radius 3 is 2.22 bits per heavy atom. The van der Waals surface area contributed by atoms with Gasteiger partial charge in [-0.05, 0) is 18.4 Å². The molecule has 1 atom stereocenters. The minimum absolute atomic E-state index is 0.0799. The van der Waals surface area contributed by atoms with Crippen molar-refractivity contribution in [3.05, 3.63) is 35.9 Å². The molecular weight excluding hydrogens is 312 g/mol. The van der Waals surface area contributed by atoms with Crippen LogP contribution in [0.15, 0.2) is 30.3 Å². The maximum Gasteiger partial charge on any atom is 0.150 e. The first-order valence-electron chi connectivity index (χ1n) is 6.31. The summed E-state index contributed by atoms with van der Waals surface area (Å²) in [5.41, 5.74) is 1.14. The number of sulfone groups is 1. The maximum atomic E-state index is 11.7. The Morgan fingerprint density at radius 2 is 1.78 bits per heavy atom. The summed E-state index contributed by atoms with van der Waals surface area (Å²) in [6.45, 7) is 3.83. The van der Waals surface area contributed by atoms with Gasteiger partial charge in [-0.3, -0.25) is 0 Å². The fraction of sp³-hybridized carbons (Fsp3) is 0.571. The van der Waals surface area contributed by atoms with Gasteiger partial charge in [0, 0.05) is 16.5 Å². The highest BCUT2D eigenvalue weighted by molar-refractivity contribution is 9.09. The van der Waals surface area contributed by atoms with Gasteiger partial charge in [0.25, 0.3) is 0 Å². The number of benzene rings is 1. The molecule has 0 saturated carbocycles. The van der Waals surface area contributed by atoms with Crippen molar-refractivity contribution >= 4 is 25.8 Å². The zero-order chi connectivity index (χ0) is 13.6. The molecule has 0 heterocycles. The lowest BCUT2D eigenvalue weighted by Crippen LogP contribution is -2.30. The van der Waals surface area contributed by atoms with Gasteiger partial charge in [-0.15, -0.1) is 0 Å². The Kier molecular flexibility index (Phi) is 5.86. The quantitative estimate of drug-likeness (QED) is 0.715. The van der Waals surface area contributed by atoms with E-state index in [1.54, 1.807) is 6.92 Å². The number of halogens is 1. The minimum atomic E-state index is -2.90. The number of alkyl halides is 1. The molecule has 0 aliphatic carbocycles. The summed E-state index contributed by atoms with van der Waals surface area (Å²) in [7, 11) is -2.90. The minimum Gasteiger partial charge on any atom is -0.229 e. The second-order valence-corrected chi connectivity index (χ2v) is 7.65. The van der Waals surface area contributed by atoms with Crippen molar-refractivity contribution in [2.24, 2.45) is 0 Å². The molecule has 0 N–H and O–H groups in total. The van der Waals surface area contributed by atoms with E-state index >= 15 is 0 Å². The van der Waals surface area contributed by atoms with Gasteiger partial charge in [0.05, 0.1) is 5.75 Å². The highest BCUT2D eigenvalue weighted by Gasteiger charge is 2.30. The number of rotatable bonds is 7. The van der Waals surface area contributed by atoms with E-state index in [2.05, 4.69) is 35.0 Å². The van der Waals surface area contributed by atoms with E-state index in [4.69, 9.17) is 0 Å². The largest absolute Gasteiger partial charge is 0.229 e. The van der Waals surface area contributed by atoms with Crippen LogP contribution in [0.5, 0.6) is 0 Å². The summed E-state index contributed by atoms with van der Waals surface area (Å²) in [5.74, 6) is 0.488. The first kappa shape index (κ1) is 15.7. The summed E-state index contributed by atoms with van der Waals surface area (Å²) >= 11 is 3.56. The Morgan fingerprint density at radius 1 is 1.17 bits per heavy atom. The molecule has 0 aromatic heterocycles. The third-order valence-corrected chi connectivity index (χ3v) is 6.43. The Hall–Kier alpha value is -0.350. The van der Waals surface area contributed by atoms with Gasteiger partial charge in [-0.2, -0.15) is 0 Å². The molecule has 1 rings (SSSR count). The predicted octanol–water partition coefficient (Wildman–Crippen LogP) is 3.55. The third kappa shape index (κ3) is 3.82. The predicted molar refractivity (Wildman–Crippen MR) is 81.1 cm³/mol. The van der Waals surface area contributed by atoms with Crippen molar-refractivity contribution in [3.8, 4) is 0 Å². The van der Waals surface area contributed by atoms with Crippen LogP contribution >= 0.6 is 15.9 Å². The number of hydrogen-bond acceptors (Lipinski definition) is 2. The molecule has 0 aliphatic rings. The van der Waals surface area contributed by atoms with E-state index in [0.717, 1.165) is 11.8 Å². The molecule has 102 valence electrons. The molecule has 0 bridgehead atoms. The second kappa shape index (κ2) is 6.71. The first-order chi connectivity index (χ1) is 8.49. The van der Waals surface area contributed by atoms with Gasteiger partial charge < -0.3 is 0 Å². The van der Waals surface area contributed by atoms with E-state index in [1.807, 2.05) is 18.2 Å². The van der Waals surface area contributed by atoms with Crippen molar-refractivity contribution < 1.29 is 8.42 Å². The van der Waals surface area contributed by atoms with Gasteiger partial charge in [-0.25, -0.2) is 8.42 Å². The van der Waals surface area contributed by atoms with Crippen LogP contribution in [0.3, 0.4) is 0 Å². The van der Waals surface area contributed by atoms with E-state index in [-0.39, 0.29) is 16.9 Å². The van der Waals surface area contributed by atoms with E-state index in [1.165, 1.54) is 5.56 Å². The summed E-state index contributed by atoms with van der Waals surface area (Å²) < 4.78 is 23.4. The molecule has 0 amide bonds. The highest BCUT2D eigenvalue weighted by atomic mass is 79.9. The standard InChI is InChI=1S/C14H21BrO2S/c1-3-14(12-15,10-11-18(16,17)4-2)13-8-6-5-7-9-13/h5-9H,3-4,10-12H2,1-2H3. The average molecular weight is 333 g/mol. The second-order valence-electron chi connectivity index (χ2n) is 4.62. The molecule has 1 aromatic rings. The van der Waals surface area contributed by atoms with Gasteiger partial charge >= 0.3 is 0 Å². The van der Waals surface area contributed by atoms with Gasteiger partial charge in [0.1, 0.15) is 9.84 Å². The Bertz CT molecular complexity index is 450. The summed E-state index contributed by atoms with van der Waals surface area (Å²) in [5, 5.41) is 0.791. The number of hydrogen-bond donors (Lipinski definition) is 0. The SMILES string of the molecule is CCC(CBr)(CCS(=O)(=O)CC)c1ccccc1. The topological polar surface area (TPSA) is 34.1 Å². The highest BCUT2D eigenvalue weighted by Crippen LogP contribution is 2.34. The molecule has 0 saturated heterocycles. The van der Waals surface area contributed by atoms with Crippen LogP contribution in [-0.2, 0) is 15.3 Å². The van der Waals surface area contributed by atoms with Crippen molar-refractivity contribution in [1.82, 2.24) is 0 Å². The van der Waals surface area contributed by atoms with Crippen molar-refractivity contribution in [2.75, 3.05) is 16.8 Å². The molecule has 1 aromatic carbocycles.